The molecule has 176 valence electrons. The number of hydrogen-bond donors (Lipinski definition) is 0. The maximum Gasteiger partial charge on any atom is 0.339 e. The number of halogens is 1. The Bertz CT molecular complexity index is 1450. The van der Waals surface area contributed by atoms with Gasteiger partial charge in [-0.05, 0) is 42.7 Å². The van der Waals surface area contributed by atoms with Crippen LogP contribution in [0.4, 0.5) is 4.39 Å². The van der Waals surface area contributed by atoms with Gasteiger partial charge in [0.05, 0.1) is 12.8 Å². The van der Waals surface area contributed by atoms with Crippen LogP contribution in [-0.4, -0.2) is 49.3 Å². The zero-order valence-electron chi connectivity index (χ0n) is 19.5. The number of hydrogen-bond acceptors (Lipinski definition) is 5. The van der Waals surface area contributed by atoms with E-state index in [2.05, 4.69) is 0 Å². The molecule has 0 unspecified atom stereocenters. The number of carbonyl (C=O) groups excluding carboxylic acids is 2. The molecule has 34 heavy (non-hydrogen) atoms. The third kappa shape index (κ3) is 4.44. The first-order chi connectivity index (χ1) is 16.2. The molecule has 0 radical (unpaired) electrons. The molecular weight excluding hydrogens is 439 g/mol. The Balaban J connectivity index is 1.66. The van der Waals surface area contributed by atoms with Crippen LogP contribution in [0.15, 0.2) is 56.3 Å². The highest BCUT2D eigenvalue weighted by Crippen LogP contribution is 2.34. The molecule has 2 heterocycles. The highest BCUT2D eigenvalue weighted by Gasteiger charge is 2.19. The number of carbonyl (C=O) groups is 2. The lowest BCUT2D eigenvalue weighted by atomic mass is 9.99. The van der Waals surface area contributed by atoms with Crippen molar-refractivity contribution in [1.82, 2.24) is 9.80 Å². The topological polar surface area (TPSA) is 84.0 Å². The fourth-order valence-electron chi connectivity index (χ4n) is 3.91. The summed E-state index contributed by atoms with van der Waals surface area (Å²) in [4.78, 5) is 39.8. The van der Waals surface area contributed by atoms with Crippen molar-refractivity contribution in [3.8, 4) is 11.1 Å². The molecule has 0 atom stereocenters. The van der Waals surface area contributed by atoms with Crippen molar-refractivity contribution in [3.63, 3.8) is 0 Å². The van der Waals surface area contributed by atoms with Crippen molar-refractivity contribution in [2.45, 2.75) is 19.8 Å². The standard InChI is InChI=1S/C26H25FN2O5/c1-15-18(9-10-24(30)29(4)13-25(31)28(2)3)26(32)34-23-12-22-20(11-19(15)23)21(14-33-22)16-5-7-17(27)8-6-16/h5-8,11-12,14H,9-10,13H2,1-4H3. The summed E-state index contributed by atoms with van der Waals surface area (Å²) in [5.41, 5.74) is 3.17. The van der Waals surface area contributed by atoms with Gasteiger partial charge in [-0.15, -0.1) is 0 Å². The lowest BCUT2D eigenvalue weighted by Gasteiger charge is -2.19. The first kappa shape index (κ1) is 23.2. The number of rotatable bonds is 6. The highest BCUT2D eigenvalue weighted by molar-refractivity contribution is 6.02. The van der Waals surface area contributed by atoms with Gasteiger partial charge in [0, 0.05) is 55.5 Å². The molecule has 0 aliphatic rings. The zero-order valence-corrected chi connectivity index (χ0v) is 19.5. The maximum atomic E-state index is 13.4. The molecule has 2 aromatic heterocycles. The predicted octanol–water partition coefficient (Wildman–Crippen LogP) is 4.13. The van der Waals surface area contributed by atoms with E-state index in [0.29, 0.717) is 16.7 Å². The Morgan fingerprint density at radius 1 is 0.971 bits per heavy atom. The lowest BCUT2D eigenvalue weighted by Crippen LogP contribution is -2.38. The third-order valence-electron chi connectivity index (χ3n) is 6.02. The van der Waals surface area contributed by atoms with Gasteiger partial charge in [0.1, 0.15) is 17.0 Å². The van der Waals surface area contributed by atoms with Gasteiger partial charge in [0.2, 0.25) is 11.8 Å². The van der Waals surface area contributed by atoms with Crippen LogP contribution in [0.25, 0.3) is 33.1 Å². The summed E-state index contributed by atoms with van der Waals surface area (Å²) in [6.07, 6.45) is 1.86. The second kappa shape index (κ2) is 9.13. The van der Waals surface area contributed by atoms with Crippen LogP contribution in [-0.2, 0) is 16.0 Å². The summed E-state index contributed by atoms with van der Waals surface area (Å²) in [7, 11) is 4.82. The second-order valence-corrected chi connectivity index (χ2v) is 8.53. The molecular formula is C26H25FN2O5. The third-order valence-corrected chi connectivity index (χ3v) is 6.02. The fourth-order valence-corrected chi connectivity index (χ4v) is 3.91. The van der Waals surface area contributed by atoms with Gasteiger partial charge < -0.3 is 18.6 Å². The first-order valence-electron chi connectivity index (χ1n) is 10.8. The van der Waals surface area contributed by atoms with Gasteiger partial charge in [0.25, 0.3) is 0 Å². The van der Waals surface area contributed by atoms with E-state index in [1.165, 1.54) is 21.9 Å². The number of furan rings is 1. The van der Waals surface area contributed by atoms with Gasteiger partial charge >= 0.3 is 5.63 Å². The SMILES string of the molecule is Cc1c(CCC(=O)N(C)CC(=O)N(C)C)c(=O)oc2cc3occ(-c4ccc(F)cc4)c3cc12. The smallest absolute Gasteiger partial charge is 0.339 e. The molecule has 0 aliphatic heterocycles. The van der Waals surface area contributed by atoms with Crippen LogP contribution in [0, 0.1) is 12.7 Å². The van der Waals surface area contributed by atoms with Gasteiger partial charge in [-0.1, -0.05) is 12.1 Å². The molecule has 0 saturated heterocycles. The Morgan fingerprint density at radius 2 is 1.68 bits per heavy atom. The summed E-state index contributed by atoms with van der Waals surface area (Å²) in [5.74, 6) is -0.744. The van der Waals surface area contributed by atoms with Crippen molar-refractivity contribution in [2.75, 3.05) is 27.7 Å². The fraction of sp³-hybridized carbons (Fsp3) is 0.269. The van der Waals surface area contributed by atoms with E-state index in [1.54, 1.807) is 45.6 Å². The number of likely N-dealkylation sites (N-methyl/N-ethyl adjacent to an activating group) is 2. The molecule has 4 rings (SSSR count). The molecule has 4 aromatic rings. The second-order valence-electron chi connectivity index (χ2n) is 8.53. The van der Waals surface area contributed by atoms with Crippen LogP contribution in [0.3, 0.4) is 0 Å². The molecule has 0 saturated carbocycles. The van der Waals surface area contributed by atoms with Gasteiger partial charge in [-0.2, -0.15) is 0 Å². The van der Waals surface area contributed by atoms with E-state index in [4.69, 9.17) is 8.83 Å². The number of amides is 2. The van der Waals surface area contributed by atoms with E-state index < -0.39 is 5.63 Å². The molecule has 7 nitrogen and oxygen atoms in total. The van der Waals surface area contributed by atoms with Crippen LogP contribution < -0.4 is 5.63 Å². The van der Waals surface area contributed by atoms with E-state index >= 15 is 0 Å². The van der Waals surface area contributed by atoms with E-state index in [9.17, 15) is 18.8 Å². The predicted molar refractivity (Wildman–Crippen MR) is 127 cm³/mol. The summed E-state index contributed by atoms with van der Waals surface area (Å²) < 4.78 is 24.6. The average Bonchev–Trinajstić information content (AvgIpc) is 3.20. The maximum absolute atomic E-state index is 13.4. The normalized spacial score (nSPS) is 11.2. The molecule has 0 N–H and O–H groups in total. The van der Waals surface area contributed by atoms with Crippen LogP contribution in [0.5, 0.6) is 0 Å². The Labute approximate surface area is 195 Å². The van der Waals surface area contributed by atoms with Crippen LogP contribution >= 0.6 is 0 Å². The zero-order chi connectivity index (χ0) is 24.6. The van der Waals surface area contributed by atoms with E-state index in [1.807, 2.05) is 13.0 Å². The molecule has 0 fully saturated rings. The van der Waals surface area contributed by atoms with Crippen molar-refractivity contribution in [2.24, 2.45) is 0 Å². The Hall–Kier alpha value is -3.94. The Kier molecular flexibility index (Phi) is 6.24. The van der Waals surface area contributed by atoms with Crippen LogP contribution in [0.2, 0.25) is 0 Å². The average molecular weight is 464 g/mol. The van der Waals surface area contributed by atoms with Gasteiger partial charge in [-0.25, -0.2) is 9.18 Å². The largest absolute Gasteiger partial charge is 0.464 e. The van der Waals surface area contributed by atoms with Gasteiger partial charge in [0.15, 0.2) is 0 Å². The first-order valence-corrected chi connectivity index (χ1v) is 10.8. The monoisotopic (exact) mass is 464 g/mol. The quantitative estimate of drug-likeness (QED) is 0.401. The molecule has 0 spiro atoms. The summed E-state index contributed by atoms with van der Waals surface area (Å²) in [5, 5.41) is 1.54. The molecule has 0 aliphatic carbocycles. The summed E-state index contributed by atoms with van der Waals surface area (Å²) in [6.45, 7) is 1.80. The van der Waals surface area contributed by atoms with E-state index in [-0.39, 0.29) is 37.0 Å². The minimum atomic E-state index is -0.505. The van der Waals surface area contributed by atoms with Crippen molar-refractivity contribution >= 4 is 33.8 Å². The highest BCUT2D eigenvalue weighted by atomic mass is 19.1. The van der Waals surface area contributed by atoms with Crippen molar-refractivity contribution in [3.05, 3.63) is 70.0 Å². The number of fused-ring (bicyclic) bond motifs is 2. The number of aryl methyl sites for hydroxylation is 1. The molecule has 0 bridgehead atoms. The van der Waals surface area contributed by atoms with Crippen LogP contribution in [0.1, 0.15) is 17.5 Å². The summed E-state index contributed by atoms with van der Waals surface area (Å²) >= 11 is 0. The minimum absolute atomic E-state index is 0.0260. The number of nitrogens with zero attached hydrogens (tertiary/aromatic N) is 2. The van der Waals surface area contributed by atoms with E-state index in [0.717, 1.165) is 27.5 Å². The minimum Gasteiger partial charge on any atom is -0.464 e. The molecule has 8 heteroatoms. The molecule has 2 aromatic carbocycles. The lowest BCUT2D eigenvalue weighted by molar-refractivity contribution is -0.137. The van der Waals surface area contributed by atoms with Crippen molar-refractivity contribution < 1.29 is 22.8 Å². The van der Waals surface area contributed by atoms with Crippen molar-refractivity contribution in [1.29, 1.82) is 0 Å². The number of benzene rings is 2. The summed E-state index contributed by atoms with van der Waals surface area (Å²) in [6, 6.07) is 9.68. The Morgan fingerprint density at radius 3 is 2.35 bits per heavy atom. The molecule has 2 amide bonds. The van der Waals surface area contributed by atoms with Gasteiger partial charge in [-0.3, -0.25) is 9.59 Å².